The van der Waals surface area contributed by atoms with Gasteiger partial charge in [-0.2, -0.15) is 11.8 Å². The zero-order valence-corrected chi connectivity index (χ0v) is 13.0. The average molecular weight is 318 g/mol. The highest BCUT2D eigenvalue weighted by molar-refractivity contribution is 7.98. The number of benzene rings is 1. The molecule has 0 spiro atoms. The third-order valence-electron chi connectivity index (χ3n) is 3.47. The lowest BCUT2D eigenvalue weighted by atomic mass is 10.2. The lowest BCUT2D eigenvalue weighted by Crippen LogP contribution is -2.25. The van der Waals surface area contributed by atoms with Crippen LogP contribution in [0.15, 0.2) is 24.3 Å². The number of para-hydroxylation sites is 1. The van der Waals surface area contributed by atoms with Crippen molar-refractivity contribution in [2.24, 2.45) is 0 Å². The van der Waals surface area contributed by atoms with Gasteiger partial charge in [0, 0.05) is 11.9 Å². The van der Waals surface area contributed by atoms with Crippen molar-refractivity contribution in [3.63, 3.8) is 0 Å². The van der Waals surface area contributed by atoms with E-state index >= 15 is 0 Å². The van der Waals surface area contributed by atoms with Crippen molar-refractivity contribution in [3.8, 4) is 0 Å². The molecule has 2 aromatic rings. The summed E-state index contributed by atoms with van der Waals surface area (Å²) in [6.45, 7) is 1.95. The van der Waals surface area contributed by atoms with Crippen LogP contribution in [0.5, 0.6) is 0 Å². The Kier molecular flexibility index (Phi) is 4.62. The van der Waals surface area contributed by atoms with Gasteiger partial charge >= 0.3 is 6.09 Å². The molecule has 1 aromatic carbocycles. The van der Waals surface area contributed by atoms with Gasteiger partial charge in [0.1, 0.15) is 18.2 Å². The minimum Gasteiger partial charge on any atom is -0.448 e. The second kappa shape index (κ2) is 6.83. The van der Waals surface area contributed by atoms with Gasteiger partial charge in [0.05, 0.1) is 17.8 Å². The number of nitrogens with two attached hydrogens (primary N) is 1. The Morgan fingerprint density at radius 3 is 3.00 bits per heavy atom. The van der Waals surface area contributed by atoms with Crippen LogP contribution in [-0.4, -0.2) is 46.4 Å². The fourth-order valence-electron chi connectivity index (χ4n) is 2.37. The van der Waals surface area contributed by atoms with Gasteiger partial charge in [0.25, 0.3) is 0 Å². The summed E-state index contributed by atoms with van der Waals surface area (Å²) in [7, 11) is 0. The number of carbonyl (C=O) groups is 1. The first kappa shape index (κ1) is 14.9. The molecule has 6 nitrogen and oxygen atoms in total. The molecule has 1 saturated heterocycles. The molecule has 0 atom stereocenters. The van der Waals surface area contributed by atoms with Crippen molar-refractivity contribution in [1.29, 1.82) is 0 Å². The molecule has 1 aliphatic rings. The van der Waals surface area contributed by atoms with E-state index in [0.717, 1.165) is 41.2 Å². The molecule has 1 aliphatic heterocycles. The van der Waals surface area contributed by atoms with Gasteiger partial charge in [-0.15, -0.1) is 0 Å². The normalized spacial score (nSPS) is 14.5. The Balaban J connectivity index is 1.48. The fraction of sp³-hybridized carbons (Fsp3) is 0.400. The molecule has 2 N–H and O–H groups in total. The third kappa shape index (κ3) is 3.41. The number of ether oxygens (including phenoxy) is 1. The molecule has 2 heterocycles. The van der Waals surface area contributed by atoms with Crippen LogP contribution < -0.4 is 5.73 Å². The molecule has 0 bridgehead atoms. The number of carbonyl (C=O) groups excluding carboxylic acids is 1. The molecule has 0 saturated carbocycles. The zero-order valence-electron chi connectivity index (χ0n) is 12.2. The first-order valence-electron chi connectivity index (χ1n) is 7.24. The number of nitrogens with zero attached hydrogens (tertiary/aromatic N) is 3. The third-order valence-corrected chi connectivity index (χ3v) is 4.51. The number of rotatable bonds is 6. The van der Waals surface area contributed by atoms with Crippen LogP contribution in [-0.2, 0) is 10.5 Å². The van der Waals surface area contributed by atoms with Crippen LogP contribution in [0.4, 0.5) is 10.6 Å². The molecule has 1 amide bonds. The molecule has 22 heavy (non-hydrogen) atoms. The maximum atomic E-state index is 11.3. The number of fused-ring (bicyclic) bond motifs is 1. The minimum absolute atomic E-state index is 0.198. The Morgan fingerprint density at radius 1 is 1.32 bits per heavy atom. The van der Waals surface area contributed by atoms with Gasteiger partial charge in [-0.25, -0.2) is 14.8 Å². The highest BCUT2D eigenvalue weighted by atomic mass is 32.2. The number of cyclic esters (lactones) is 1. The Bertz CT molecular complexity index is 680. The number of nitrogen functional groups attached to an aromatic ring is 1. The van der Waals surface area contributed by atoms with E-state index in [2.05, 4.69) is 9.97 Å². The van der Waals surface area contributed by atoms with Gasteiger partial charge in [-0.3, -0.25) is 0 Å². The number of anilines is 1. The summed E-state index contributed by atoms with van der Waals surface area (Å²) >= 11 is 1.75. The summed E-state index contributed by atoms with van der Waals surface area (Å²) < 4.78 is 4.89. The molecule has 7 heteroatoms. The maximum absolute atomic E-state index is 11.3. The number of hydrogen-bond donors (Lipinski definition) is 1. The number of hydrogen-bond acceptors (Lipinski definition) is 6. The van der Waals surface area contributed by atoms with Crippen LogP contribution in [0.2, 0.25) is 0 Å². The smallest absolute Gasteiger partial charge is 0.409 e. The molecule has 0 unspecified atom stereocenters. The second-order valence-corrected chi connectivity index (χ2v) is 6.15. The number of thioether (sulfide) groups is 1. The standard InChI is InChI=1S/C15H18N4O2S/c16-14-11-4-1-2-5-12(11)17-13(18-14)10-22-9-3-6-19-7-8-21-15(19)20/h1-2,4-5H,3,6-10H2,(H2,16,17,18). The monoisotopic (exact) mass is 318 g/mol. The van der Waals surface area contributed by atoms with E-state index in [-0.39, 0.29) is 6.09 Å². The Labute approximate surface area is 133 Å². The lowest BCUT2D eigenvalue weighted by molar-refractivity contribution is 0.158. The maximum Gasteiger partial charge on any atom is 0.409 e. The summed E-state index contributed by atoms with van der Waals surface area (Å²) in [5.41, 5.74) is 6.85. The Hall–Kier alpha value is -2.02. The van der Waals surface area contributed by atoms with Crippen molar-refractivity contribution in [3.05, 3.63) is 30.1 Å². The van der Waals surface area contributed by atoms with Crippen LogP contribution in [0.25, 0.3) is 10.9 Å². The SMILES string of the molecule is Nc1nc(CSCCCN2CCOC2=O)nc2ccccc12. The fourth-order valence-corrected chi connectivity index (χ4v) is 3.15. The van der Waals surface area contributed by atoms with E-state index in [1.54, 1.807) is 16.7 Å². The van der Waals surface area contributed by atoms with Crippen LogP contribution >= 0.6 is 11.8 Å². The molecule has 3 rings (SSSR count). The number of amides is 1. The van der Waals surface area contributed by atoms with Crippen molar-refractivity contribution in [2.45, 2.75) is 12.2 Å². The highest BCUT2D eigenvalue weighted by Crippen LogP contribution is 2.19. The van der Waals surface area contributed by atoms with Gasteiger partial charge in [0.15, 0.2) is 0 Å². The van der Waals surface area contributed by atoms with Crippen LogP contribution in [0.1, 0.15) is 12.2 Å². The zero-order chi connectivity index (χ0) is 15.4. The van der Waals surface area contributed by atoms with Gasteiger partial charge in [-0.05, 0) is 24.3 Å². The summed E-state index contributed by atoms with van der Waals surface area (Å²) in [5, 5.41) is 0.892. The summed E-state index contributed by atoms with van der Waals surface area (Å²) in [6, 6.07) is 7.75. The molecule has 0 radical (unpaired) electrons. The van der Waals surface area contributed by atoms with E-state index in [1.807, 2.05) is 24.3 Å². The molecular weight excluding hydrogens is 300 g/mol. The summed E-state index contributed by atoms with van der Waals surface area (Å²) in [4.78, 5) is 21.9. The Morgan fingerprint density at radius 2 is 2.18 bits per heavy atom. The highest BCUT2D eigenvalue weighted by Gasteiger charge is 2.20. The largest absolute Gasteiger partial charge is 0.448 e. The van der Waals surface area contributed by atoms with Gasteiger partial charge < -0.3 is 15.4 Å². The summed E-state index contributed by atoms with van der Waals surface area (Å²) in [5.74, 6) is 2.95. The topological polar surface area (TPSA) is 81.3 Å². The predicted octanol–water partition coefficient (Wildman–Crippen LogP) is 2.29. The second-order valence-electron chi connectivity index (χ2n) is 5.05. The molecule has 0 aliphatic carbocycles. The van der Waals surface area contributed by atoms with E-state index in [1.165, 1.54) is 0 Å². The number of aromatic nitrogens is 2. The van der Waals surface area contributed by atoms with E-state index in [9.17, 15) is 4.79 Å². The predicted molar refractivity (Wildman–Crippen MR) is 87.7 cm³/mol. The first-order valence-corrected chi connectivity index (χ1v) is 8.40. The van der Waals surface area contributed by atoms with Gasteiger partial charge in [0.2, 0.25) is 0 Å². The average Bonchev–Trinajstić information content (AvgIpc) is 2.92. The van der Waals surface area contributed by atoms with E-state index in [0.29, 0.717) is 19.0 Å². The van der Waals surface area contributed by atoms with E-state index in [4.69, 9.17) is 10.5 Å². The van der Waals surface area contributed by atoms with Gasteiger partial charge in [-0.1, -0.05) is 12.1 Å². The first-order chi connectivity index (χ1) is 10.7. The molecule has 1 aromatic heterocycles. The molecule has 1 fully saturated rings. The van der Waals surface area contributed by atoms with E-state index < -0.39 is 0 Å². The quantitative estimate of drug-likeness (QED) is 0.823. The van der Waals surface area contributed by atoms with Crippen LogP contribution in [0, 0.1) is 0 Å². The van der Waals surface area contributed by atoms with Crippen LogP contribution in [0.3, 0.4) is 0 Å². The van der Waals surface area contributed by atoms with Crippen molar-refractivity contribution < 1.29 is 9.53 Å². The molecular formula is C15H18N4O2S. The minimum atomic E-state index is -0.198. The van der Waals surface area contributed by atoms with Crippen molar-refractivity contribution >= 4 is 34.6 Å². The lowest BCUT2D eigenvalue weighted by Gasteiger charge is -2.11. The molecule has 116 valence electrons. The van der Waals surface area contributed by atoms with Crippen molar-refractivity contribution in [1.82, 2.24) is 14.9 Å². The van der Waals surface area contributed by atoms with Crippen molar-refractivity contribution in [2.75, 3.05) is 31.2 Å². The summed E-state index contributed by atoms with van der Waals surface area (Å²) in [6.07, 6.45) is 0.735.